The van der Waals surface area contributed by atoms with Crippen LogP contribution in [0.3, 0.4) is 0 Å². The van der Waals surface area contributed by atoms with Crippen molar-refractivity contribution in [1.82, 2.24) is 4.98 Å². The lowest BCUT2D eigenvalue weighted by Crippen LogP contribution is -2.09. The van der Waals surface area contributed by atoms with E-state index < -0.39 is 5.97 Å². The second kappa shape index (κ2) is 4.49. The van der Waals surface area contributed by atoms with Gasteiger partial charge in [-0.3, -0.25) is 0 Å². The molecule has 0 radical (unpaired) electrons. The molecule has 0 saturated carbocycles. The van der Waals surface area contributed by atoms with Crippen molar-refractivity contribution < 1.29 is 19.1 Å². The first-order chi connectivity index (χ1) is 8.00. The first kappa shape index (κ1) is 12.1. The molecule has 1 fully saturated rings. The number of hydrogen-bond donors (Lipinski definition) is 1. The molecule has 2 rings (SSSR count). The van der Waals surface area contributed by atoms with Crippen LogP contribution in [0.5, 0.6) is 0 Å². The number of carboxylic acids is 1. The molecule has 0 aromatic carbocycles. The molecule has 0 unspecified atom stereocenters. The Balaban J connectivity index is 2.36. The molecule has 1 aromatic heterocycles. The van der Waals surface area contributed by atoms with Gasteiger partial charge >= 0.3 is 5.97 Å². The van der Waals surface area contributed by atoms with E-state index in [0.717, 1.165) is 6.42 Å². The van der Waals surface area contributed by atoms with Crippen LogP contribution in [-0.4, -0.2) is 28.8 Å². The summed E-state index contributed by atoms with van der Waals surface area (Å²) in [5.74, 6) is -0.485. The summed E-state index contributed by atoms with van der Waals surface area (Å²) in [6.45, 7) is 6.44. The summed E-state index contributed by atoms with van der Waals surface area (Å²) >= 11 is 0. The summed E-state index contributed by atoms with van der Waals surface area (Å²) in [7, 11) is 0. The van der Waals surface area contributed by atoms with Crippen LogP contribution in [0.1, 0.15) is 61.2 Å². The maximum atomic E-state index is 11.1. The highest BCUT2D eigenvalue weighted by Gasteiger charge is 2.32. The van der Waals surface area contributed by atoms with Crippen molar-refractivity contribution in [2.75, 3.05) is 6.61 Å². The van der Waals surface area contributed by atoms with Gasteiger partial charge in [0.1, 0.15) is 0 Å². The minimum atomic E-state index is -1.06. The Morgan fingerprint density at radius 3 is 2.65 bits per heavy atom. The van der Waals surface area contributed by atoms with E-state index in [-0.39, 0.29) is 23.7 Å². The number of nitrogens with zero attached hydrogens (tertiary/aromatic N) is 1. The van der Waals surface area contributed by atoms with Gasteiger partial charge in [0.25, 0.3) is 0 Å². The Bertz CT molecular complexity index is 424. The lowest BCUT2D eigenvalue weighted by molar-refractivity contribution is 0.0654. The van der Waals surface area contributed by atoms with E-state index in [1.807, 2.05) is 20.8 Å². The van der Waals surface area contributed by atoms with Gasteiger partial charge in [-0.25, -0.2) is 9.78 Å². The fourth-order valence-corrected chi connectivity index (χ4v) is 2.11. The zero-order chi connectivity index (χ0) is 12.6. The number of aromatic carboxylic acids is 1. The predicted molar refractivity (Wildman–Crippen MR) is 60.3 cm³/mol. The molecule has 17 heavy (non-hydrogen) atoms. The van der Waals surface area contributed by atoms with Crippen molar-refractivity contribution in [3.63, 3.8) is 0 Å². The van der Waals surface area contributed by atoms with Crippen molar-refractivity contribution in [2.24, 2.45) is 0 Å². The summed E-state index contributed by atoms with van der Waals surface area (Å²) < 4.78 is 10.8. The molecule has 94 valence electrons. The molecular formula is C12H17NO4. The summed E-state index contributed by atoms with van der Waals surface area (Å²) in [5, 5.41) is 9.07. The molecule has 0 amide bonds. The minimum Gasteiger partial charge on any atom is -0.475 e. The predicted octanol–water partition coefficient (Wildman–Crippen LogP) is 2.39. The number of hydrogen-bond acceptors (Lipinski definition) is 4. The van der Waals surface area contributed by atoms with E-state index >= 15 is 0 Å². The zero-order valence-corrected chi connectivity index (χ0v) is 10.3. The first-order valence-corrected chi connectivity index (χ1v) is 5.86. The second-order valence-electron chi connectivity index (χ2n) is 4.70. The molecule has 1 aliphatic heterocycles. The van der Waals surface area contributed by atoms with E-state index in [9.17, 15) is 4.79 Å². The molecule has 5 heteroatoms. The molecule has 1 aromatic rings. The van der Waals surface area contributed by atoms with E-state index in [2.05, 4.69) is 4.98 Å². The molecule has 0 aliphatic carbocycles. The highest BCUT2D eigenvalue weighted by molar-refractivity contribution is 5.85. The van der Waals surface area contributed by atoms with Crippen molar-refractivity contribution >= 4 is 5.97 Å². The molecule has 1 aliphatic rings. The quantitative estimate of drug-likeness (QED) is 0.876. The summed E-state index contributed by atoms with van der Waals surface area (Å²) in [5.41, 5.74) is 0.520. The summed E-state index contributed by atoms with van der Waals surface area (Å²) in [6, 6.07) is 0. The fraction of sp³-hybridized carbons (Fsp3) is 0.667. The Morgan fingerprint density at radius 1 is 1.53 bits per heavy atom. The van der Waals surface area contributed by atoms with Crippen LogP contribution in [0.4, 0.5) is 0 Å². The zero-order valence-electron chi connectivity index (χ0n) is 10.3. The van der Waals surface area contributed by atoms with Gasteiger partial charge in [-0.2, -0.15) is 0 Å². The van der Waals surface area contributed by atoms with Crippen molar-refractivity contribution in [2.45, 2.75) is 45.1 Å². The lowest BCUT2D eigenvalue weighted by atomic mass is 10.0. The topological polar surface area (TPSA) is 72.6 Å². The molecule has 0 spiro atoms. The third-order valence-electron chi connectivity index (χ3n) is 3.10. The number of rotatable bonds is 3. The molecule has 1 N–H and O–H groups in total. The molecule has 2 heterocycles. The molecule has 2 atom stereocenters. The molecule has 5 nitrogen and oxygen atoms in total. The number of aromatic nitrogens is 1. The number of oxazole rings is 1. The first-order valence-electron chi connectivity index (χ1n) is 5.86. The van der Waals surface area contributed by atoms with Crippen LogP contribution in [0, 0.1) is 0 Å². The lowest BCUT2D eigenvalue weighted by Gasteiger charge is -2.08. The van der Waals surface area contributed by atoms with E-state index in [1.54, 1.807) is 0 Å². The third-order valence-corrected chi connectivity index (χ3v) is 3.10. The van der Waals surface area contributed by atoms with Gasteiger partial charge in [-0.15, -0.1) is 0 Å². The van der Waals surface area contributed by atoms with Gasteiger partial charge in [0.05, 0.1) is 17.7 Å². The maximum absolute atomic E-state index is 11.1. The van der Waals surface area contributed by atoms with E-state index in [1.165, 1.54) is 0 Å². The number of carboxylic acid groups (broad SMARTS) is 1. The van der Waals surface area contributed by atoms with Crippen LogP contribution in [0.15, 0.2) is 4.42 Å². The Morgan fingerprint density at radius 2 is 2.24 bits per heavy atom. The van der Waals surface area contributed by atoms with Crippen molar-refractivity contribution in [1.29, 1.82) is 0 Å². The molecule has 1 saturated heterocycles. The highest BCUT2D eigenvalue weighted by Crippen LogP contribution is 2.33. The van der Waals surface area contributed by atoms with Gasteiger partial charge in [0.2, 0.25) is 11.7 Å². The van der Waals surface area contributed by atoms with Gasteiger partial charge < -0.3 is 14.3 Å². The van der Waals surface area contributed by atoms with Gasteiger partial charge in [0, 0.05) is 6.61 Å². The van der Waals surface area contributed by atoms with E-state index in [4.69, 9.17) is 14.3 Å². The standard InChI is InChI=1S/C12H17NO4/c1-6(2)9-10(12(14)15)17-11(13-9)8-4-5-16-7(8)3/h6-8H,4-5H2,1-3H3,(H,14,15)/t7-,8-/m1/s1. The van der Waals surface area contributed by atoms with Crippen LogP contribution < -0.4 is 0 Å². The summed E-state index contributed by atoms with van der Waals surface area (Å²) in [6.07, 6.45) is 0.869. The largest absolute Gasteiger partial charge is 0.475 e. The normalized spacial score (nSPS) is 24.5. The van der Waals surface area contributed by atoms with Crippen LogP contribution in [0.2, 0.25) is 0 Å². The van der Waals surface area contributed by atoms with Crippen LogP contribution in [-0.2, 0) is 4.74 Å². The molecular weight excluding hydrogens is 222 g/mol. The number of ether oxygens (including phenoxy) is 1. The van der Waals surface area contributed by atoms with E-state index in [0.29, 0.717) is 18.2 Å². The SMILES string of the molecule is CC(C)c1nc([C@@H]2CCO[C@@H]2C)oc1C(=O)O. The Labute approximate surface area is 99.8 Å². The smallest absolute Gasteiger partial charge is 0.373 e. The minimum absolute atomic E-state index is 0.0332. The second-order valence-corrected chi connectivity index (χ2v) is 4.70. The Hall–Kier alpha value is -1.36. The van der Waals surface area contributed by atoms with Gasteiger partial charge in [-0.1, -0.05) is 13.8 Å². The number of carbonyl (C=O) groups is 1. The maximum Gasteiger partial charge on any atom is 0.373 e. The monoisotopic (exact) mass is 239 g/mol. The highest BCUT2D eigenvalue weighted by atomic mass is 16.5. The average Bonchev–Trinajstić information content (AvgIpc) is 2.82. The Kier molecular flexibility index (Phi) is 3.19. The van der Waals surface area contributed by atoms with Gasteiger partial charge in [-0.05, 0) is 19.3 Å². The van der Waals surface area contributed by atoms with Crippen LogP contribution in [0.25, 0.3) is 0 Å². The third kappa shape index (κ3) is 2.20. The molecule has 0 bridgehead atoms. The average molecular weight is 239 g/mol. The van der Waals surface area contributed by atoms with Gasteiger partial charge in [0.15, 0.2) is 0 Å². The fourth-order valence-electron chi connectivity index (χ4n) is 2.11. The van der Waals surface area contributed by atoms with Crippen molar-refractivity contribution in [3.05, 3.63) is 17.3 Å². The van der Waals surface area contributed by atoms with Crippen LogP contribution >= 0.6 is 0 Å². The summed E-state index contributed by atoms with van der Waals surface area (Å²) in [4.78, 5) is 15.4. The van der Waals surface area contributed by atoms with Crippen molar-refractivity contribution in [3.8, 4) is 0 Å².